The highest BCUT2D eigenvalue weighted by molar-refractivity contribution is 5.23. The van der Waals surface area contributed by atoms with Crippen molar-refractivity contribution in [3.05, 3.63) is 11.6 Å². The van der Waals surface area contributed by atoms with Gasteiger partial charge in [-0.25, -0.2) is 0 Å². The van der Waals surface area contributed by atoms with Crippen molar-refractivity contribution >= 4 is 0 Å². The number of nitrogens with zero attached hydrogens (tertiary/aromatic N) is 1. The fourth-order valence-corrected chi connectivity index (χ4v) is 0.976. The lowest BCUT2D eigenvalue weighted by molar-refractivity contribution is 0.863. The Labute approximate surface area is 56.0 Å². The predicted molar refractivity (Wildman–Crippen MR) is 36.7 cm³/mol. The third-order valence-corrected chi connectivity index (χ3v) is 1.58. The first-order chi connectivity index (χ1) is 4.18. The van der Waals surface area contributed by atoms with Gasteiger partial charge >= 0.3 is 0 Å². The number of hydrogen-bond donors (Lipinski definition) is 0. The van der Waals surface area contributed by atoms with Gasteiger partial charge in [0.05, 0.1) is 11.5 Å². The van der Waals surface area contributed by atoms with Crippen LogP contribution in [0.3, 0.4) is 0 Å². The highest BCUT2D eigenvalue weighted by Crippen LogP contribution is 2.46. The van der Waals surface area contributed by atoms with Crippen molar-refractivity contribution in [1.82, 2.24) is 0 Å². The van der Waals surface area contributed by atoms with Gasteiger partial charge in [0.2, 0.25) is 0 Å². The van der Waals surface area contributed by atoms with Gasteiger partial charge < -0.3 is 0 Å². The molecule has 1 aliphatic carbocycles. The smallest absolute Gasteiger partial charge is 0.0757 e. The molecule has 0 amide bonds. The molecule has 0 radical (unpaired) electrons. The van der Waals surface area contributed by atoms with E-state index in [0.717, 1.165) is 12.8 Å². The van der Waals surface area contributed by atoms with E-state index in [9.17, 15) is 0 Å². The topological polar surface area (TPSA) is 23.8 Å². The molecule has 0 aromatic carbocycles. The van der Waals surface area contributed by atoms with Gasteiger partial charge in [-0.1, -0.05) is 11.6 Å². The molecule has 0 spiro atoms. The second kappa shape index (κ2) is 1.88. The summed E-state index contributed by atoms with van der Waals surface area (Å²) in [7, 11) is 0. The SMILES string of the molecule is CC(C)=CC1(C#N)CC1. The number of hydrogen-bond acceptors (Lipinski definition) is 1. The number of nitriles is 1. The predicted octanol–water partition coefficient (Wildman–Crippen LogP) is 2.26. The summed E-state index contributed by atoms with van der Waals surface area (Å²) in [5.41, 5.74) is 1.22. The molecule has 0 bridgehead atoms. The van der Waals surface area contributed by atoms with Crippen LogP contribution < -0.4 is 0 Å². The van der Waals surface area contributed by atoms with Gasteiger partial charge in [0.25, 0.3) is 0 Å². The van der Waals surface area contributed by atoms with Gasteiger partial charge in [0, 0.05) is 0 Å². The highest BCUT2D eigenvalue weighted by atomic mass is 14.5. The van der Waals surface area contributed by atoms with E-state index in [-0.39, 0.29) is 5.41 Å². The fraction of sp³-hybridized carbons (Fsp3) is 0.625. The minimum atomic E-state index is -0.0428. The molecule has 9 heavy (non-hydrogen) atoms. The normalized spacial score (nSPS) is 20.1. The molecule has 0 aromatic heterocycles. The average molecular weight is 121 g/mol. The van der Waals surface area contributed by atoms with Crippen LogP contribution in [0.15, 0.2) is 11.6 Å². The average Bonchev–Trinajstić information content (AvgIpc) is 2.48. The molecular formula is C8H11N. The molecule has 0 unspecified atom stereocenters. The van der Waals surface area contributed by atoms with Gasteiger partial charge in [0.1, 0.15) is 0 Å². The minimum Gasteiger partial charge on any atom is -0.197 e. The Balaban J connectivity index is 2.65. The van der Waals surface area contributed by atoms with Gasteiger partial charge in [-0.2, -0.15) is 5.26 Å². The lowest BCUT2D eigenvalue weighted by Gasteiger charge is -1.94. The first-order valence-electron chi connectivity index (χ1n) is 3.26. The Morgan fingerprint density at radius 3 is 2.22 bits per heavy atom. The molecule has 0 aromatic rings. The van der Waals surface area contributed by atoms with E-state index in [4.69, 9.17) is 5.26 Å². The summed E-state index contributed by atoms with van der Waals surface area (Å²) in [4.78, 5) is 0. The van der Waals surface area contributed by atoms with Crippen LogP contribution in [0.1, 0.15) is 26.7 Å². The molecule has 1 fully saturated rings. The standard InChI is InChI=1S/C8H11N/c1-7(2)5-8(6-9)3-4-8/h5H,3-4H2,1-2H3. The fourth-order valence-electron chi connectivity index (χ4n) is 0.976. The highest BCUT2D eigenvalue weighted by Gasteiger charge is 2.40. The van der Waals surface area contributed by atoms with Crippen molar-refractivity contribution in [2.45, 2.75) is 26.7 Å². The lowest BCUT2D eigenvalue weighted by Crippen LogP contribution is -1.88. The van der Waals surface area contributed by atoms with Gasteiger partial charge in [-0.05, 0) is 26.7 Å². The van der Waals surface area contributed by atoms with Gasteiger partial charge in [-0.15, -0.1) is 0 Å². The van der Waals surface area contributed by atoms with Crippen molar-refractivity contribution in [1.29, 1.82) is 5.26 Å². The Kier molecular flexibility index (Phi) is 1.32. The summed E-state index contributed by atoms with van der Waals surface area (Å²) in [6.45, 7) is 4.08. The van der Waals surface area contributed by atoms with Crippen molar-refractivity contribution in [2.24, 2.45) is 5.41 Å². The molecule has 1 heteroatoms. The van der Waals surface area contributed by atoms with Crippen LogP contribution in [0.4, 0.5) is 0 Å². The summed E-state index contributed by atoms with van der Waals surface area (Å²) in [5, 5.41) is 8.61. The van der Waals surface area contributed by atoms with E-state index in [1.54, 1.807) is 0 Å². The molecule has 0 N–H and O–H groups in total. The molecule has 1 saturated carbocycles. The molecule has 0 saturated heterocycles. The third kappa shape index (κ3) is 1.32. The van der Waals surface area contributed by atoms with E-state index < -0.39 is 0 Å². The van der Waals surface area contributed by atoms with E-state index in [1.165, 1.54) is 5.57 Å². The maximum atomic E-state index is 8.61. The van der Waals surface area contributed by atoms with Crippen LogP contribution in [0.25, 0.3) is 0 Å². The van der Waals surface area contributed by atoms with E-state index in [0.29, 0.717) is 0 Å². The van der Waals surface area contributed by atoms with Crippen LogP contribution in [0.5, 0.6) is 0 Å². The van der Waals surface area contributed by atoms with Crippen molar-refractivity contribution in [3.8, 4) is 6.07 Å². The molecule has 0 atom stereocenters. The molecule has 0 aliphatic heterocycles. The van der Waals surface area contributed by atoms with Crippen molar-refractivity contribution in [3.63, 3.8) is 0 Å². The summed E-state index contributed by atoms with van der Waals surface area (Å²) in [5.74, 6) is 0. The maximum Gasteiger partial charge on any atom is 0.0757 e. The Morgan fingerprint density at radius 1 is 1.56 bits per heavy atom. The second-order valence-corrected chi connectivity index (χ2v) is 2.99. The maximum absolute atomic E-state index is 8.61. The lowest BCUT2D eigenvalue weighted by atomic mass is 10.1. The van der Waals surface area contributed by atoms with Crippen molar-refractivity contribution < 1.29 is 0 Å². The van der Waals surface area contributed by atoms with Crippen LogP contribution in [-0.2, 0) is 0 Å². The van der Waals surface area contributed by atoms with Crippen LogP contribution in [0.2, 0.25) is 0 Å². The van der Waals surface area contributed by atoms with Crippen LogP contribution >= 0.6 is 0 Å². The zero-order chi connectivity index (χ0) is 6.91. The van der Waals surface area contributed by atoms with Crippen LogP contribution in [-0.4, -0.2) is 0 Å². The number of allylic oxidation sites excluding steroid dienone is 2. The first kappa shape index (κ1) is 6.35. The number of rotatable bonds is 1. The Bertz CT molecular complexity index is 175. The third-order valence-electron chi connectivity index (χ3n) is 1.58. The monoisotopic (exact) mass is 121 g/mol. The zero-order valence-electron chi connectivity index (χ0n) is 5.94. The van der Waals surface area contributed by atoms with E-state index >= 15 is 0 Å². The summed E-state index contributed by atoms with van der Waals surface area (Å²) >= 11 is 0. The summed E-state index contributed by atoms with van der Waals surface area (Å²) < 4.78 is 0. The molecule has 1 nitrogen and oxygen atoms in total. The zero-order valence-corrected chi connectivity index (χ0v) is 5.94. The quantitative estimate of drug-likeness (QED) is 0.488. The van der Waals surface area contributed by atoms with Gasteiger partial charge in [-0.3, -0.25) is 0 Å². The van der Waals surface area contributed by atoms with Crippen LogP contribution in [0, 0.1) is 16.7 Å². The van der Waals surface area contributed by atoms with Gasteiger partial charge in [0.15, 0.2) is 0 Å². The van der Waals surface area contributed by atoms with Crippen molar-refractivity contribution in [2.75, 3.05) is 0 Å². The molecule has 1 rings (SSSR count). The molecular weight excluding hydrogens is 110 g/mol. The molecule has 48 valence electrons. The van der Waals surface area contributed by atoms with E-state index in [2.05, 4.69) is 12.1 Å². The second-order valence-electron chi connectivity index (χ2n) is 2.99. The summed E-state index contributed by atoms with van der Waals surface area (Å²) in [6.07, 6.45) is 4.20. The Hall–Kier alpha value is -0.770. The minimum absolute atomic E-state index is 0.0428. The Morgan fingerprint density at radius 2 is 2.11 bits per heavy atom. The molecule has 1 aliphatic rings. The van der Waals surface area contributed by atoms with E-state index in [1.807, 2.05) is 13.8 Å². The first-order valence-corrected chi connectivity index (χ1v) is 3.26. The largest absolute Gasteiger partial charge is 0.197 e. The molecule has 0 heterocycles. The summed E-state index contributed by atoms with van der Waals surface area (Å²) in [6, 6.07) is 2.31.